The van der Waals surface area contributed by atoms with Gasteiger partial charge in [-0.3, -0.25) is 9.69 Å². The standard InChI is InChI=1S/C18H20N2O/c21-18(19-11-10-15-6-2-1-3-7-15)14-20-12-16-8-4-5-9-17(16)13-20/h1-9H,10-14H2,(H,19,21). The van der Waals surface area contributed by atoms with Crippen LogP contribution in [0.25, 0.3) is 0 Å². The highest BCUT2D eigenvalue weighted by Gasteiger charge is 2.19. The molecule has 0 radical (unpaired) electrons. The fourth-order valence-electron chi connectivity index (χ4n) is 2.77. The highest BCUT2D eigenvalue weighted by Crippen LogP contribution is 2.21. The first-order valence-corrected chi connectivity index (χ1v) is 7.41. The minimum atomic E-state index is 0.110. The Labute approximate surface area is 125 Å². The van der Waals surface area contributed by atoms with Gasteiger partial charge in [-0.25, -0.2) is 0 Å². The van der Waals surface area contributed by atoms with E-state index < -0.39 is 0 Å². The van der Waals surface area contributed by atoms with E-state index in [-0.39, 0.29) is 5.91 Å². The summed E-state index contributed by atoms with van der Waals surface area (Å²) in [7, 11) is 0. The highest BCUT2D eigenvalue weighted by molar-refractivity contribution is 5.78. The Bertz CT molecular complexity index is 585. The molecule has 1 aliphatic rings. The summed E-state index contributed by atoms with van der Waals surface area (Å²) in [4.78, 5) is 14.2. The molecule has 108 valence electrons. The number of amides is 1. The summed E-state index contributed by atoms with van der Waals surface area (Å²) in [6.45, 7) is 2.93. The first-order valence-electron chi connectivity index (χ1n) is 7.41. The minimum absolute atomic E-state index is 0.110. The number of nitrogens with one attached hydrogen (secondary N) is 1. The van der Waals surface area contributed by atoms with Crippen LogP contribution in [0.2, 0.25) is 0 Å². The molecule has 0 bridgehead atoms. The third-order valence-corrected chi connectivity index (χ3v) is 3.85. The van der Waals surface area contributed by atoms with Crippen LogP contribution in [0.5, 0.6) is 0 Å². The van der Waals surface area contributed by atoms with Gasteiger partial charge >= 0.3 is 0 Å². The molecule has 3 nitrogen and oxygen atoms in total. The molecule has 0 aliphatic carbocycles. The molecule has 3 heteroatoms. The predicted octanol–water partition coefficient (Wildman–Crippen LogP) is 2.36. The monoisotopic (exact) mass is 280 g/mol. The average Bonchev–Trinajstić information content (AvgIpc) is 2.90. The Morgan fingerprint density at radius 3 is 2.24 bits per heavy atom. The zero-order valence-corrected chi connectivity index (χ0v) is 12.1. The van der Waals surface area contributed by atoms with Crippen LogP contribution in [0, 0.1) is 0 Å². The molecule has 1 amide bonds. The van der Waals surface area contributed by atoms with E-state index in [1.165, 1.54) is 16.7 Å². The SMILES string of the molecule is O=C(CN1Cc2ccccc2C1)NCCc1ccccc1. The number of hydrogen-bond donors (Lipinski definition) is 1. The fraction of sp³-hybridized carbons (Fsp3) is 0.278. The van der Waals surface area contributed by atoms with Gasteiger partial charge < -0.3 is 5.32 Å². The van der Waals surface area contributed by atoms with Gasteiger partial charge in [-0.1, -0.05) is 54.6 Å². The molecule has 1 heterocycles. The van der Waals surface area contributed by atoms with Crippen molar-refractivity contribution in [2.75, 3.05) is 13.1 Å². The van der Waals surface area contributed by atoms with Gasteiger partial charge in [0.05, 0.1) is 6.54 Å². The molecule has 0 unspecified atom stereocenters. The summed E-state index contributed by atoms with van der Waals surface area (Å²) in [6, 6.07) is 18.6. The first-order chi connectivity index (χ1) is 10.3. The summed E-state index contributed by atoms with van der Waals surface area (Å²) < 4.78 is 0. The van der Waals surface area contributed by atoms with Crippen molar-refractivity contribution in [3.8, 4) is 0 Å². The molecule has 1 aliphatic heterocycles. The largest absolute Gasteiger partial charge is 0.355 e. The van der Waals surface area contributed by atoms with Crippen LogP contribution >= 0.6 is 0 Å². The van der Waals surface area contributed by atoms with Gasteiger partial charge in [0, 0.05) is 19.6 Å². The number of benzene rings is 2. The van der Waals surface area contributed by atoms with Crippen molar-refractivity contribution in [2.24, 2.45) is 0 Å². The van der Waals surface area contributed by atoms with Crippen molar-refractivity contribution < 1.29 is 4.79 Å². The molecule has 2 aromatic carbocycles. The second kappa shape index (κ2) is 6.55. The summed E-state index contributed by atoms with van der Waals surface area (Å²) in [5.41, 5.74) is 3.94. The molecule has 0 saturated carbocycles. The van der Waals surface area contributed by atoms with E-state index in [9.17, 15) is 4.79 Å². The number of nitrogens with zero attached hydrogens (tertiary/aromatic N) is 1. The van der Waals surface area contributed by atoms with Gasteiger partial charge in [0.25, 0.3) is 0 Å². The van der Waals surface area contributed by atoms with Gasteiger partial charge in [-0.05, 0) is 23.1 Å². The number of rotatable bonds is 5. The molecule has 0 spiro atoms. The van der Waals surface area contributed by atoms with Gasteiger partial charge in [-0.2, -0.15) is 0 Å². The first kappa shape index (κ1) is 13.8. The van der Waals surface area contributed by atoms with E-state index in [1.807, 2.05) is 18.2 Å². The quantitative estimate of drug-likeness (QED) is 0.912. The van der Waals surface area contributed by atoms with Gasteiger partial charge in [0.1, 0.15) is 0 Å². The lowest BCUT2D eigenvalue weighted by molar-refractivity contribution is -0.122. The second-order valence-corrected chi connectivity index (χ2v) is 5.50. The Morgan fingerprint density at radius 2 is 1.57 bits per heavy atom. The van der Waals surface area contributed by atoms with Gasteiger partial charge in [0.2, 0.25) is 5.91 Å². The molecule has 1 N–H and O–H groups in total. The maximum atomic E-state index is 12.0. The molecule has 3 rings (SSSR count). The lowest BCUT2D eigenvalue weighted by Gasteiger charge is -2.14. The molecule has 0 aromatic heterocycles. The van der Waals surface area contributed by atoms with Crippen LogP contribution in [0.1, 0.15) is 16.7 Å². The van der Waals surface area contributed by atoms with Crippen molar-refractivity contribution >= 4 is 5.91 Å². The molecule has 0 saturated heterocycles. The maximum absolute atomic E-state index is 12.0. The number of carbonyl (C=O) groups excluding carboxylic acids is 1. The van der Waals surface area contributed by atoms with E-state index in [2.05, 4.69) is 46.6 Å². The van der Waals surface area contributed by atoms with Crippen LogP contribution < -0.4 is 5.32 Å². The van der Waals surface area contributed by atoms with Crippen molar-refractivity contribution in [1.29, 1.82) is 0 Å². The van der Waals surface area contributed by atoms with Crippen LogP contribution in [0.3, 0.4) is 0 Å². The Morgan fingerprint density at radius 1 is 0.952 bits per heavy atom. The summed E-state index contributed by atoms with van der Waals surface area (Å²) in [5.74, 6) is 0.110. The zero-order chi connectivity index (χ0) is 14.5. The molecular formula is C18H20N2O. The summed E-state index contributed by atoms with van der Waals surface area (Å²) in [5, 5.41) is 3.00. The van der Waals surface area contributed by atoms with E-state index in [4.69, 9.17) is 0 Å². The summed E-state index contributed by atoms with van der Waals surface area (Å²) >= 11 is 0. The highest BCUT2D eigenvalue weighted by atomic mass is 16.2. The lowest BCUT2D eigenvalue weighted by Crippen LogP contribution is -2.35. The molecule has 0 fully saturated rings. The van der Waals surface area contributed by atoms with Gasteiger partial charge in [0.15, 0.2) is 0 Å². The lowest BCUT2D eigenvalue weighted by atomic mass is 10.1. The van der Waals surface area contributed by atoms with Crippen molar-refractivity contribution in [1.82, 2.24) is 10.2 Å². The second-order valence-electron chi connectivity index (χ2n) is 5.50. The van der Waals surface area contributed by atoms with Crippen LogP contribution in [-0.2, 0) is 24.3 Å². The molecule has 2 aromatic rings. The molecule has 0 atom stereocenters. The maximum Gasteiger partial charge on any atom is 0.234 e. The fourth-order valence-corrected chi connectivity index (χ4v) is 2.77. The summed E-state index contributed by atoms with van der Waals surface area (Å²) in [6.07, 6.45) is 0.882. The molecular weight excluding hydrogens is 260 g/mol. The van der Waals surface area contributed by atoms with E-state index in [0.29, 0.717) is 13.1 Å². The van der Waals surface area contributed by atoms with E-state index in [0.717, 1.165) is 19.5 Å². The Balaban J connectivity index is 1.42. The average molecular weight is 280 g/mol. The number of fused-ring (bicyclic) bond motifs is 1. The van der Waals surface area contributed by atoms with Crippen LogP contribution in [0.4, 0.5) is 0 Å². The zero-order valence-electron chi connectivity index (χ0n) is 12.1. The number of hydrogen-bond acceptors (Lipinski definition) is 2. The predicted molar refractivity (Wildman–Crippen MR) is 83.7 cm³/mol. The van der Waals surface area contributed by atoms with E-state index >= 15 is 0 Å². The van der Waals surface area contributed by atoms with Crippen LogP contribution in [-0.4, -0.2) is 23.9 Å². The van der Waals surface area contributed by atoms with Gasteiger partial charge in [-0.15, -0.1) is 0 Å². The third kappa shape index (κ3) is 3.70. The Kier molecular flexibility index (Phi) is 4.31. The van der Waals surface area contributed by atoms with Crippen molar-refractivity contribution in [3.05, 3.63) is 71.3 Å². The minimum Gasteiger partial charge on any atom is -0.355 e. The molecule has 21 heavy (non-hydrogen) atoms. The van der Waals surface area contributed by atoms with Crippen molar-refractivity contribution in [3.63, 3.8) is 0 Å². The van der Waals surface area contributed by atoms with Crippen LogP contribution in [0.15, 0.2) is 54.6 Å². The normalized spacial score (nSPS) is 13.9. The smallest absolute Gasteiger partial charge is 0.234 e. The number of carbonyl (C=O) groups is 1. The van der Waals surface area contributed by atoms with Crippen molar-refractivity contribution in [2.45, 2.75) is 19.5 Å². The Hall–Kier alpha value is -2.13. The van der Waals surface area contributed by atoms with E-state index in [1.54, 1.807) is 0 Å². The topological polar surface area (TPSA) is 32.3 Å². The third-order valence-electron chi connectivity index (χ3n) is 3.85.